The Labute approximate surface area is 440 Å². The third kappa shape index (κ3) is 17.5. The van der Waals surface area contributed by atoms with E-state index >= 15 is 0 Å². The normalized spacial score (nSPS) is 22.3. The number of unbranched alkanes of at least 4 members (excludes halogenated alkanes) is 1. The van der Waals surface area contributed by atoms with Gasteiger partial charge >= 0.3 is 33.4 Å². The van der Waals surface area contributed by atoms with Gasteiger partial charge in [0.15, 0.2) is 23.8 Å². The Morgan fingerprint density at radius 3 is 2.49 bits per heavy atom. The van der Waals surface area contributed by atoms with Gasteiger partial charge in [0.1, 0.15) is 60.9 Å². The van der Waals surface area contributed by atoms with Crippen LogP contribution in [0, 0.1) is 0 Å². The molecule has 6 rings (SSSR count). The number of nitrogens with two attached hydrogens (primary N) is 3. The van der Waals surface area contributed by atoms with Gasteiger partial charge in [0, 0.05) is 46.7 Å². The number of aliphatic hydroxyl groups excluding tert-OH is 1. The van der Waals surface area contributed by atoms with Crippen molar-refractivity contribution in [3.05, 3.63) is 75.7 Å². The Bertz CT molecular complexity index is 2850. The molecule has 0 bridgehead atoms. The van der Waals surface area contributed by atoms with Gasteiger partial charge in [-0.25, -0.2) is 33.7 Å². The van der Waals surface area contributed by atoms with Gasteiger partial charge < -0.3 is 66.6 Å². The quantitative estimate of drug-likeness (QED) is 0.00830. The summed E-state index contributed by atoms with van der Waals surface area (Å²) in [6.45, 7) is 4.56. The van der Waals surface area contributed by atoms with Crippen LogP contribution in [0.3, 0.4) is 0 Å². The molecule has 416 valence electrons. The number of carbonyl (C=O) groups is 3. The van der Waals surface area contributed by atoms with Crippen LogP contribution in [0.2, 0.25) is 0 Å². The van der Waals surface area contributed by atoms with Crippen LogP contribution >= 0.6 is 37.2 Å². The van der Waals surface area contributed by atoms with E-state index in [9.17, 15) is 48.1 Å². The van der Waals surface area contributed by atoms with Crippen molar-refractivity contribution in [3.8, 4) is 0 Å². The Balaban J connectivity index is 1.06. The number of azide groups is 1. The first-order valence-corrected chi connectivity index (χ1v) is 28.5. The number of amides is 2. The van der Waals surface area contributed by atoms with Crippen LogP contribution in [0.15, 0.2) is 59.1 Å². The fourth-order valence-electron chi connectivity index (χ4n) is 7.50. The van der Waals surface area contributed by atoms with Gasteiger partial charge in [0.05, 0.1) is 25.6 Å². The molecule has 0 radical (unpaired) electrons. The highest BCUT2D eigenvalue weighted by atomic mass is 33.1. The number of hydrogen-bond acceptors (Lipinski definition) is 24. The maximum Gasteiger partial charge on any atom is 0.472 e. The number of nitrogens with zero attached hydrogens (tertiary/aromatic N) is 9. The summed E-state index contributed by atoms with van der Waals surface area (Å²) in [5.41, 5.74) is 26.9. The van der Waals surface area contributed by atoms with E-state index in [4.69, 9.17) is 50.7 Å². The third-order valence-corrected chi connectivity index (χ3v) is 15.9. The highest BCUT2D eigenvalue weighted by molar-refractivity contribution is 8.77. The van der Waals surface area contributed by atoms with Gasteiger partial charge in [-0.05, 0) is 36.4 Å². The maximum absolute atomic E-state index is 13.6. The second-order valence-electron chi connectivity index (χ2n) is 18.0. The van der Waals surface area contributed by atoms with Gasteiger partial charge in [0.25, 0.3) is 0 Å². The van der Waals surface area contributed by atoms with Gasteiger partial charge in [-0.3, -0.25) is 32.3 Å². The highest BCUT2D eigenvalue weighted by Gasteiger charge is 2.50. The van der Waals surface area contributed by atoms with Gasteiger partial charge in [-0.1, -0.05) is 71.7 Å². The van der Waals surface area contributed by atoms with Crippen molar-refractivity contribution in [2.24, 2.45) is 10.8 Å². The Morgan fingerprint density at radius 1 is 1.04 bits per heavy atom. The standard InChI is InChI=1S/C41H58N14O17P2S2/c1-41(2,3)76-75-19-25(50-40(60)66-17-22-7-9-23(10-8-22)52-53-45)36(57)46-13-5-4-6-24(42)38(58)71-33-28(70-37(32(33)56)55-21-49-31-34(44)47-20-48-35(31)55)18-68-74(64,65)72-27-16-30(54-14-11-29(43)51-39(54)59)69-26(27)12-15-67-73(61,62)63/h7-11,14,20-21,24-28,30,32-33,37,56H,4-6,12-13,15-19,42H2,1-3H3,(H,46,57)(H,50,60)(H,64,65)(H2,43,51,59)(H2,44,47,48)(H2,61,62,63)/t24-,25?,26+,27-,28+,30+,32+,33+,37+/m0/s1. The number of fused-ring (bicyclic) bond motifs is 1. The van der Waals surface area contributed by atoms with Crippen molar-refractivity contribution in [1.82, 2.24) is 39.7 Å². The highest BCUT2D eigenvalue weighted by Crippen LogP contribution is 2.50. The fourth-order valence-corrected chi connectivity index (χ4v) is 11.3. The maximum atomic E-state index is 13.6. The Morgan fingerprint density at radius 2 is 1.79 bits per heavy atom. The van der Waals surface area contributed by atoms with Crippen LogP contribution in [-0.2, 0) is 57.8 Å². The van der Waals surface area contributed by atoms with Crippen LogP contribution in [0.1, 0.15) is 70.9 Å². The molecule has 76 heavy (non-hydrogen) atoms. The summed E-state index contributed by atoms with van der Waals surface area (Å²) < 4.78 is 65.5. The molecule has 2 saturated heterocycles. The van der Waals surface area contributed by atoms with Crippen LogP contribution in [-0.4, -0.2) is 140 Å². The number of ether oxygens (including phenoxy) is 4. The predicted molar refractivity (Wildman–Crippen MR) is 271 cm³/mol. The molecular formula is C41H58N14O17P2S2. The van der Waals surface area contributed by atoms with Crippen molar-refractivity contribution < 1.29 is 75.8 Å². The minimum Gasteiger partial charge on any atom is -0.455 e. The van der Waals surface area contributed by atoms with Crippen molar-refractivity contribution >= 4 is 83.7 Å². The zero-order valence-corrected chi connectivity index (χ0v) is 44.4. The number of benzene rings is 1. The smallest absolute Gasteiger partial charge is 0.455 e. The van der Waals surface area contributed by atoms with E-state index < -0.39 is 108 Å². The van der Waals surface area contributed by atoms with Crippen molar-refractivity contribution in [2.45, 2.75) is 119 Å². The topological polar surface area (TPSA) is 460 Å². The zero-order valence-electron chi connectivity index (χ0n) is 41.0. The number of alkyl carbamates (subject to hydrolysis) is 1. The molecule has 2 aliphatic heterocycles. The second kappa shape index (κ2) is 26.7. The summed E-state index contributed by atoms with van der Waals surface area (Å²) in [4.78, 5) is 100. The predicted octanol–water partition coefficient (Wildman–Crippen LogP) is 2.74. The summed E-state index contributed by atoms with van der Waals surface area (Å²) in [5.74, 6) is -1.38. The number of nitrogens with one attached hydrogen (secondary N) is 2. The molecule has 1 aromatic carbocycles. The van der Waals surface area contributed by atoms with E-state index in [-0.39, 0.29) is 72.1 Å². The molecule has 35 heteroatoms. The van der Waals surface area contributed by atoms with Crippen molar-refractivity contribution in [3.63, 3.8) is 0 Å². The molecule has 3 aromatic heterocycles. The third-order valence-electron chi connectivity index (χ3n) is 11.1. The van der Waals surface area contributed by atoms with Crippen LogP contribution in [0.4, 0.5) is 22.1 Å². The Hall–Kier alpha value is -5.47. The van der Waals surface area contributed by atoms with Crippen molar-refractivity contribution in [2.75, 3.05) is 37.0 Å². The number of anilines is 2. The molecular weight excluding hydrogens is 1090 g/mol. The van der Waals surface area contributed by atoms with Crippen LogP contribution in [0.25, 0.3) is 21.6 Å². The number of rotatable bonds is 26. The van der Waals surface area contributed by atoms with E-state index in [1.807, 2.05) is 20.8 Å². The molecule has 2 fully saturated rings. The lowest BCUT2D eigenvalue weighted by molar-refractivity contribution is -0.158. The molecule has 2 amide bonds. The summed E-state index contributed by atoms with van der Waals surface area (Å²) in [5, 5.41) is 20.6. The first kappa shape index (κ1) is 59.8. The average Bonchev–Trinajstić information content (AvgIpc) is 4.04. The monoisotopic (exact) mass is 1140 g/mol. The number of phosphoric acid groups is 2. The number of imidazole rings is 1. The SMILES string of the molecule is CC(C)(C)SSCC(NC(=O)OCc1ccc(N=[N+]=[N-])cc1)C(=O)NCCCC[C@H](N)C(=O)O[C@H]1[C@@H](O)[C@H](n2cnc3c(N)ncnc32)O[C@@H]1COP(=O)(O)O[C@H]1C[C@H](n2ccc(N)nc2=O)O[C@@H]1CCOP(=O)(O)O. The van der Waals surface area contributed by atoms with Gasteiger partial charge in [-0.2, -0.15) is 4.98 Å². The number of aromatic nitrogens is 6. The molecule has 12 N–H and O–H groups in total. The Kier molecular flexibility index (Phi) is 21.0. The van der Waals surface area contributed by atoms with Crippen LogP contribution in [0.5, 0.6) is 0 Å². The molecule has 0 aliphatic carbocycles. The molecule has 31 nitrogen and oxygen atoms in total. The minimum absolute atomic E-state index is 0.000638. The number of nitrogen functional groups attached to an aromatic ring is 2. The molecule has 0 saturated carbocycles. The lowest BCUT2D eigenvalue weighted by atomic mass is 10.1. The summed E-state index contributed by atoms with van der Waals surface area (Å²) in [6, 6.07) is 5.42. The average molecular weight is 1150 g/mol. The van der Waals surface area contributed by atoms with Crippen molar-refractivity contribution in [1.29, 1.82) is 0 Å². The molecule has 5 heterocycles. The number of esters is 1. The molecule has 2 unspecified atom stereocenters. The molecule has 10 atom stereocenters. The lowest BCUT2D eigenvalue weighted by Crippen LogP contribution is -2.48. The second-order valence-corrected chi connectivity index (χ2v) is 23.8. The number of phosphoric ester groups is 2. The summed E-state index contributed by atoms with van der Waals surface area (Å²) in [7, 11) is -7.20. The first-order chi connectivity index (χ1) is 35.9. The summed E-state index contributed by atoms with van der Waals surface area (Å²) in [6.07, 6.45) is -7.05. The van der Waals surface area contributed by atoms with E-state index in [0.29, 0.717) is 17.7 Å². The van der Waals surface area contributed by atoms with E-state index in [0.717, 1.165) is 10.9 Å². The van der Waals surface area contributed by atoms with E-state index in [1.54, 1.807) is 24.3 Å². The fraction of sp³-hybridized carbons (Fsp3) is 0.561. The van der Waals surface area contributed by atoms with E-state index in [1.165, 1.54) is 44.7 Å². The summed E-state index contributed by atoms with van der Waals surface area (Å²) >= 11 is 0. The van der Waals surface area contributed by atoms with Gasteiger partial charge in [-0.15, -0.1) is 0 Å². The zero-order chi connectivity index (χ0) is 55.4. The molecule has 0 spiro atoms. The lowest BCUT2D eigenvalue weighted by Gasteiger charge is -2.24. The van der Waals surface area contributed by atoms with Gasteiger partial charge in [0.2, 0.25) is 5.91 Å². The molecule has 4 aromatic rings. The number of aliphatic hydroxyl groups is 1. The largest absolute Gasteiger partial charge is 0.472 e. The minimum atomic E-state index is -5.18. The first-order valence-electron chi connectivity index (χ1n) is 23.1. The molecule has 2 aliphatic rings. The number of carbonyl (C=O) groups excluding carboxylic acids is 3. The van der Waals surface area contributed by atoms with E-state index in [2.05, 4.69) is 45.1 Å². The number of hydrogen-bond donors (Lipinski definition) is 9. The van der Waals surface area contributed by atoms with Crippen LogP contribution < -0.4 is 33.5 Å².